The molecular weight excluding hydrogens is 159 g/mol. The zero-order valence-electron chi connectivity index (χ0n) is 6.91. The highest BCUT2D eigenvalue weighted by Crippen LogP contribution is 2.05. The molecule has 0 bridgehead atoms. The monoisotopic (exact) mass is 168 g/mol. The third-order valence-electron chi connectivity index (χ3n) is 1.39. The topological polar surface area (TPSA) is 34.5 Å². The molecule has 0 saturated heterocycles. The van der Waals surface area contributed by atoms with Crippen LogP contribution in [0.3, 0.4) is 0 Å². The van der Waals surface area contributed by atoms with Crippen LogP contribution in [0, 0.1) is 5.82 Å². The maximum absolute atomic E-state index is 13.0. The number of nitrogens with zero attached hydrogens (tertiary/aromatic N) is 2. The zero-order valence-corrected chi connectivity index (χ0v) is 6.91. The molecule has 0 amide bonds. The van der Waals surface area contributed by atoms with E-state index in [0.29, 0.717) is 11.3 Å². The fourth-order valence-electron chi connectivity index (χ4n) is 0.855. The van der Waals surface area contributed by atoms with E-state index in [0.717, 1.165) is 6.20 Å². The lowest BCUT2D eigenvalue weighted by Gasteiger charge is -1.99. The standard InChI is InChI=1S/C8H9FN2O/c1-6(11-12-2)7-3-4-10-5-8(7)9/h3-5H,1-2H3/b11-6-. The predicted octanol–water partition coefficient (Wildman–Crippen LogP) is 1.59. The summed E-state index contributed by atoms with van der Waals surface area (Å²) < 4.78 is 13.0. The summed E-state index contributed by atoms with van der Waals surface area (Å²) in [5, 5.41) is 3.60. The Hall–Kier alpha value is -1.45. The molecule has 0 aliphatic heterocycles. The molecule has 0 unspecified atom stereocenters. The molecule has 0 radical (unpaired) electrons. The highest BCUT2D eigenvalue weighted by molar-refractivity contribution is 5.98. The lowest BCUT2D eigenvalue weighted by Crippen LogP contribution is -1.99. The molecular formula is C8H9FN2O. The smallest absolute Gasteiger partial charge is 0.150 e. The van der Waals surface area contributed by atoms with Crippen molar-refractivity contribution in [1.82, 2.24) is 4.98 Å². The van der Waals surface area contributed by atoms with Crippen molar-refractivity contribution in [3.05, 3.63) is 29.8 Å². The Bertz CT molecular complexity index is 299. The first-order chi connectivity index (χ1) is 5.75. The molecule has 4 heteroatoms. The first kappa shape index (κ1) is 8.64. The van der Waals surface area contributed by atoms with Gasteiger partial charge in [0.05, 0.1) is 11.9 Å². The third-order valence-corrected chi connectivity index (χ3v) is 1.39. The van der Waals surface area contributed by atoms with Crippen LogP contribution in [0.4, 0.5) is 4.39 Å². The molecule has 0 aromatic carbocycles. The molecule has 12 heavy (non-hydrogen) atoms. The summed E-state index contributed by atoms with van der Waals surface area (Å²) in [6, 6.07) is 1.55. The quantitative estimate of drug-likeness (QED) is 0.496. The number of oxime groups is 1. The lowest BCUT2D eigenvalue weighted by atomic mass is 10.2. The average molecular weight is 168 g/mol. The van der Waals surface area contributed by atoms with E-state index in [9.17, 15) is 4.39 Å². The highest BCUT2D eigenvalue weighted by atomic mass is 19.1. The predicted molar refractivity (Wildman–Crippen MR) is 43.4 cm³/mol. The van der Waals surface area contributed by atoms with Crippen LogP contribution in [0.2, 0.25) is 0 Å². The van der Waals surface area contributed by atoms with Crippen molar-refractivity contribution in [3.63, 3.8) is 0 Å². The van der Waals surface area contributed by atoms with Crippen molar-refractivity contribution in [1.29, 1.82) is 0 Å². The Morgan fingerprint density at radius 2 is 2.42 bits per heavy atom. The normalized spacial score (nSPS) is 11.4. The van der Waals surface area contributed by atoms with Gasteiger partial charge >= 0.3 is 0 Å². The van der Waals surface area contributed by atoms with Crippen LogP contribution in [-0.4, -0.2) is 17.8 Å². The Morgan fingerprint density at radius 1 is 1.67 bits per heavy atom. The first-order valence-corrected chi connectivity index (χ1v) is 3.43. The fraction of sp³-hybridized carbons (Fsp3) is 0.250. The van der Waals surface area contributed by atoms with Gasteiger partial charge in [-0.25, -0.2) is 4.39 Å². The Morgan fingerprint density at radius 3 is 3.00 bits per heavy atom. The largest absolute Gasteiger partial charge is 0.399 e. The molecule has 0 aliphatic rings. The van der Waals surface area contributed by atoms with E-state index in [2.05, 4.69) is 15.0 Å². The van der Waals surface area contributed by atoms with Gasteiger partial charge < -0.3 is 4.84 Å². The van der Waals surface area contributed by atoms with Crippen molar-refractivity contribution in [2.45, 2.75) is 6.92 Å². The minimum Gasteiger partial charge on any atom is -0.399 e. The summed E-state index contributed by atoms with van der Waals surface area (Å²) in [5.41, 5.74) is 0.907. The second-order valence-electron chi connectivity index (χ2n) is 2.21. The van der Waals surface area contributed by atoms with Crippen molar-refractivity contribution in [2.24, 2.45) is 5.16 Å². The van der Waals surface area contributed by atoms with Gasteiger partial charge in [-0.3, -0.25) is 4.98 Å². The maximum Gasteiger partial charge on any atom is 0.150 e. The fourth-order valence-corrected chi connectivity index (χ4v) is 0.855. The van der Waals surface area contributed by atoms with Crippen molar-refractivity contribution in [3.8, 4) is 0 Å². The third kappa shape index (κ3) is 1.78. The van der Waals surface area contributed by atoms with Crippen LogP contribution in [0.5, 0.6) is 0 Å². The molecule has 1 aromatic heterocycles. The van der Waals surface area contributed by atoms with Gasteiger partial charge in [-0.15, -0.1) is 0 Å². The van der Waals surface area contributed by atoms with Gasteiger partial charge in [0.15, 0.2) is 5.82 Å². The van der Waals surface area contributed by atoms with Crippen LogP contribution in [0.25, 0.3) is 0 Å². The molecule has 1 heterocycles. The Kier molecular flexibility index (Phi) is 2.74. The summed E-state index contributed by atoms with van der Waals surface area (Å²) in [4.78, 5) is 8.13. The molecule has 1 aromatic rings. The summed E-state index contributed by atoms with van der Waals surface area (Å²) in [7, 11) is 1.42. The molecule has 0 spiro atoms. The van der Waals surface area contributed by atoms with Crippen LogP contribution < -0.4 is 0 Å². The van der Waals surface area contributed by atoms with Crippen molar-refractivity contribution in [2.75, 3.05) is 7.11 Å². The van der Waals surface area contributed by atoms with Gasteiger partial charge in [-0.1, -0.05) is 5.16 Å². The Balaban J connectivity index is 3.02. The van der Waals surface area contributed by atoms with E-state index in [4.69, 9.17) is 0 Å². The average Bonchev–Trinajstić information content (AvgIpc) is 2.05. The maximum atomic E-state index is 13.0. The van der Waals surface area contributed by atoms with Gasteiger partial charge in [-0.05, 0) is 13.0 Å². The van der Waals surface area contributed by atoms with E-state index in [1.165, 1.54) is 13.3 Å². The summed E-state index contributed by atoms with van der Waals surface area (Å²) in [5.74, 6) is -0.393. The number of pyridine rings is 1. The second-order valence-corrected chi connectivity index (χ2v) is 2.21. The molecule has 0 fully saturated rings. The number of rotatable bonds is 2. The van der Waals surface area contributed by atoms with Crippen LogP contribution in [-0.2, 0) is 4.84 Å². The lowest BCUT2D eigenvalue weighted by molar-refractivity contribution is 0.213. The molecule has 64 valence electrons. The van der Waals surface area contributed by atoms with Crippen LogP contribution >= 0.6 is 0 Å². The van der Waals surface area contributed by atoms with Gasteiger partial charge in [0.25, 0.3) is 0 Å². The van der Waals surface area contributed by atoms with E-state index in [1.54, 1.807) is 13.0 Å². The van der Waals surface area contributed by atoms with Gasteiger partial charge in [0, 0.05) is 11.8 Å². The van der Waals surface area contributed by atoms with Crippen molar-refractivity contribution >= 4 is 5.71 Å². The molecule has 0 N–H and O–H groups in total. The number of halogens is 1. The van der Waals surface area contributed by atoms with Crippen molar-refractivity contribution < 1.29 is 9.23 Å². The van der Waals surface area contributed by atoms with Crippen LogP contribution in [0.1, 0.15) is 12.5 Å². The Labute approximate surface area is 69.9 Å². The molecule has 0 saturated carbocycles. The van der Waals surface area contributed by atoms with Crippen LogP contribution in [0.15, 0.2) is 23.6 Å². The van der Waals surface area contributed by atoms with E-state index in [-0.39, 0.29) is 0 Å². The molecule has 0 atom stereocenters. The van der Waals surface area contributed by atoms with E-state index < -0.39 is 5.82 Å². The van der Waals surface area contributed by atoms with E-state index in [1.807, 2.05) is 0 Å². The number of hydrogen-bond donors (Lipinski definition) is 0. The minimum atomic E-state index is -0.393. The number of aromatic nitrogens is 1. The second kappa shape index (κ2) is 3.80. The van der Waals surface area contributed by atoms with Gasteiger partial charge in [0.1, 0.15) is 7.11 Å². The minimum absolute atomic E-state index is 0.393. The van der Waals surface area contributed by atoms with Gasteiger partial charge in [-0.2, -0.15) is 0 Å². The summed E-state index contributed by atoms with van der Waals surface area (Å²) in [6.45, 7) is 1.67. The molecule has 1 rings (SSSR count). The summed E-state index contributed by atoms with van der Waals surface area (Å²) >= 11 is 0. The summed E-state index contributed by atoms with van der Waals surface area (Å²) in [6.07, 6.45) is 2.65. The molecule has 0 aliphatic carbocycles. The number of hydrogen-bond acceptors (Lipinski definition) is 3. The molecule has 3 nitrogen and oxygen atoms in total. The van der Waals surface area contributed by atoms with E-state index >= 15 is 0 Å². The SMILES string of the molecule is CO/N=C(/C)c1ccncc1F. The first-order valence-electron chi connectivity index (χ1n) is 3.43. The highest BCUT2D eigenvalue weighted by Gasteiger charge is 2.03. The zero-order chi connectivity index (χ0) is 8.97. The van der Waals surface area contributed by atoms with Gasteiger partial charge in [0.2, 0.25) is 0 Å².